The van der Waals surface area contributed by atoms with E-state index in [0.717, 1.165) is 11.0 Å². The SMILES string of the molecule is CNc1c(N)cc(Br)nc1Cl.CNc1c([N+](=O)[O-])cc(Br)nc1Cl.Cn1cnc2cc(Br)nc(Cl)c21. The summed E-state index contributed by atoms with van der Waals surface area (Å²) in [6, 6.07) is 4.82. The van der Waals surface area contributed by atoms with Gasteiger partial charge in [0.25, 0.3) is 5.69 Å². The molecule has 0 saturated carbocycles. The third kappa shape index (κ3) is 7.76. The molecule has 4 rings (SSSR count). The highest BCUT2D eigenvalue weighted by atomic mass is 79.9. The first-order valence-electron chi connectivity index (χ1n) is 9.50. The Labute approximate surface area is 245 Å². The molecule has 0 aliphatic rings. The number of nitrogens with zero attached hydrogens (tertiary/aromatic N) is 6. The lowest BCUT2D eigenvalue weighted by atomic mass is 10.3. The predicted molar refractivity (Wildman–Crippen MR) is 155 cm³/mol. The molecule has 0 saturated heterocycles. The summed E-state index contributed by atoms with van der Waals surface area (Å²) in [5.74, 6) is 0. The third-order valence-electron chi connectivity index (χ3n) is 4.22. The van der Waals surface area contributed by atoms with E-state index in [-0.39, 0.29) is 16.5 Å². The maximum absolute atomic E-state index is 10.5. The minimum absolute atomic E-state index is 0.0728. The van der Waals surface area contributed by atoms with Crippen LogP contribution in [0.5, 0.6) is 0 Å². The van der Waals surface area contributed by atoms with Crippen molar-refractivity contribution in [3.05, 3.63) is 63.9 Å². The van der Waals surface area contributed by atoms with Gasteiger partial charge in [-0.25, -0.2) is 19.9 Å². The van der Waals surface area contributed by atoms with Crippen LogP contribution in [-0.4, -0.2) is 43.5 Å². The minimum Gasteiger partial charge on any atom is -0.397 e. The number of nitro groups is 1. The van der Waals surface area contributed by atoms with Crippen molar-refractivity contribution in [1.29, 1.82) is 0 Å². The molecule has 0 amide bonds. The molecular weight excluding hydrogens is 732 g/mol. The summed E-state index contributed by atoms with van der Waals surface area (Å²) in [6.07, 6.45) is 1.71. The van der Waals surface area contributed by atoms with Gasteiger partial charge in [-0.2, -0.15) is 0 Å². The number of anilines is 3. The van der Waals surface area contributed by atoms with E-state index < -0.39 is 4.92 Å². The van der Waals surface area contributed by atoms with Gasteiger partial charge in [-0.3, -0.25) is 10.1 Å². The molecular formula is C19H17Br3Cl3N9O2. The standard InChI is InChI=1S/C7H5BrClN3.C6H5BrClN3O2.C6H7BrClN3/c1-12-3-10-4-2-5(8)11-7(9)6(4)12;1-9-5-3(11(12)13)2-4(7)10-6(5)8;1-10-5-3(9)2-4(7)11-6(5)8/h2-3H,1H3;2,9H,1H3;2,10H,1H3,(H2,9,11). The Balaban J connectivity index is 0.000000191. The van der Waals surface area contributed by atoms with Crippen molar-refractivity contribution in [3.63, 3.8) is 0 Å². The maximum Gasteiger partial charge on any atom is 0.298 e. The highest BCUT2D eigenvalue weighted by Crippen LogP contribution is 2.32. The fraction of sp³-hybridized carbons (Fsp3) is 0.158. The molecule has 0 bridgehead atoms. The van der Waals surface area contributed by atoms with Crippen molar-refractivity contribution in [2.45, 2.75) is 0 Å². The molecule has 4 heterocycles. The van der Waals surface area contributed by atoms with E-state index in [2.05, 4.69) is 78.4 Å². The van der Waals surface area contributed by atoms with Crippen molar-refractivity contribution >= 4 is 116 Å². The van der Waals surface area contributed by atoms with E-state index in [0.29, 0.717) is 35.5 Å². The van der Waals surface area contributed by atoms with Crippen LogP contribution in [0.4, 0.5) is 22.7 Å². The fourth-order valence-electron chi connectivity index (χ4n) is 2.69. The van der Waals surface area contributed by atoms with Crippen LogP contribution < -0.4 is 16.4 Å². The van der Waals surface area contributed by atoms with E-state index in [1.54, 1.807) is 26.5 Å². The zero-order chi connectivity index (χ0) is 27.2. The number of imidazole rings is 1. The molecule has 36 heavy (non-hydrogen) atoms. The molecule has 0 atom stereocenters. The quantitative estimate of drug-likeness (QED) is 0.115. The van der Waals surface area contributed by atoms with Crippen LogP contribution in [0.1, 0.15) is 0 Å². The van der Waals surface area contributed by atoms with Gasteiger partial charge in [0.15, 0.2) is 21.1 Å². The molecule has 17 heteroatoms. The number of nitrogen functional groups attached to an aromatic ring is 1. The number of halogens is 6. The third-order valence-corrected chi connectivity index (χ3v) is 6.25. The van der Waals surface area contributed by atoms with Gasteiger partial charge in [-0.1, -0.05) is 34.8 Å². The zero-order valence-corrected chi connectivity index (χ0v) is 25.7. The van der Waals surface area contributed by atoms with Crippen LogP contribution in [-0.2, 0) is 7.05 Å². The average molecular weight is 749 g/mol. The average Bonchev–Trinajstić information content (AvgIpc) is 3.14. The Morgan fingerprint density at radius 1 is 0.917 bits per heavy atom. The second-order valence-electron chi connectivity index (χ2n) is 6.55. The summed E-state index contributed by atoms with van der Waals surface area (Å²) < 4.78 is 3.53. The molecule has 0 aromatic carbocycles. The van der Waals surface area contributed by atoms with E-state index in [1.165, 1.54) is 6.07 Å². The number of nitrogens with one attached hydrogen (secondary N) is 2. The molecule has 4 N–H and O–H groups in total. The number of aryl methyl sites for hydroxylation is 1. The summed E-state index contributed by atoms with van der Waals surface area (Å²) in [5, 5.41) is 16.9. The van der Waals surface area contributed by atoms with Gasteiger partial charge in [0, 0.05) is 21.1 Å². The molecule has 0 unspecified atom stereocenters. The van der Waals surface area contributed by atoms with Crippen molar-refractivity contribution in [3.8, 4) is 0 Å². The van der Waals surface area contributed by atoms with E-state index in [4.69, 9.17) is 40.5 Å². The minimum atomic E-state index is -0.524. The second-order valence-corrected chi connectivity index (χ2v) is 10.1. The Morgan fingerprint density at radius 2 is 1.42 bits per heavy atom. The number of fused-ring (bicyclic) bond motifs is 1. The van der Waals surface area contributed by atoms with Gasteiger partial charge in [0.05, 0.1) is 34.2 Å². The van der Waals surface area contributed by atoms with Gasteiger partial charge in [-0.15, -0.1) is 0 Å². The summed E-state index contributed by atoms with van der Waals surface area (Å²) in [6.45, 7) is 0. The summed E-state index contributed by atoms with van der Waals surface area (Å²) in [4.78, 5) is 26.0. The van der Waals surface area contributed by atoms with E-state index in [1.807, 2.05) is 17.7 Å². The summed E-state index contributed by atoms with van der Waals surface area (Å²) >= 11 is 26.8. The molecule has 0 fully saturated rings. The van der Waals surface area contributed by atoms with Crippen molar-refractivity contribution < 1.29 is 4.92 Å². The van der Waals surface area contributed by atoms with Crippen LogP contribution in [0.25, 0.3) is 11.0 Å². The van der Waals surface area contributed by atoms with Crippen molar-refractivity contribution in [2.75, 3.05) is 30.5 Å². The van der Waals surface area contributed by atoms with Crippen LogP contribution in [0.15, 0.2) is 38.3 Å². The second kappa shape index (κ2) is 13.5. The number of hydrogen-bond donors (Lipinski definition) is 3. The Bertz CT molecular complexity index is 1380. The van der Waals surface area contributed by atoms with E-state index >= 15 is 0 Å². The van der Waals surface area contributed by atoms with Crippen LogP contribution in [0.3, 0.4) is 0 Å². The normalized spacial score (nSPS) is 10.1. The van der Waals surface area contributed by atoms with Gasteiger partial charge >= 0.3 is 0 Å². The first-order valence-corrected chi connectivity index (χ1v) is 13.0. The monoisotopic (exact) mass is 745 g/mol. The highest BCUT2D eigenvalue weighted by Gasteiger charge is 2.18. The van der Waals surface area contributed by atoms with Gasteiger partial charge in [0.1, 0.15) is 19.3 Å². The van der Waals surface area contributed by atoms with Crippen LogP contribution in [0, 0.1) is 10.1 Å². The number of aromatic nitrogens is 5. The van der Waals surface area contributed by atoms with E-state index in [9.17, 15) is 10.1 Å². The lowest BCUT2D eigenvalue weighted by molar-refractivity contribution is -0.384. The molecule has 0 spiro atoms. The van der Waals surface area contributed by atoms with Crippen molar-refractivity contribution in [1.82, 2.24) is 24.5 Å². The molecule has 0 radical (unpaired) electrons. The first-order chi connectivity index (χ1) is 16.9. The number of nitrogens with two attached hydrogens (primary N) is 1. The van der Waals surface area contributed by atoms with Crippen molar-refractivity contribution in [2.24, 2.45) is 7.05 Å². The van der Waals surface area contributed by atoms with Gasteiger partial charge in [0.2, 0.25) is 0 Å². The topological polar surface area (TPSA) is 150 Å². The smallest absolute Gasteiger partial charge is 0.298 e. The number of rotatable bonds is 3. The molecule has 4 aromatic rings. The molecule has 11 nitrogen and oxygen atoms in total. The fourth-order valence-corrected chi connectivity index (χ4v) is 5.11. The maximum atomic E-state index is 10.5. The summed E-state index contributed by atoms with van der Waals surface area (Å²) in [5.41, 5.74) is 8.69. The molecule has 0 aliphatic carbocycles. The zero-order valence-electron chi connectivity index (χ0n) is 18.7. The van der Waals surface area contributed by atoms with Crippen LogP contribution >= 0.6 is 82.6 Å². The predicted octanol–water partition coefficient (Wildman–Crippen LogP) is 6.95. The number of pyridine rings is 3. The molecule has 4 aromatic heterocycles. The Kier molecular flexibility index (Phi) is 11.4. The summed E-state index contributed by atoms with van der Waals surface area (Å²) in [7, 11) is 5.17. The molecule has 192 valence electrons. The van der Waals surface area contributed by atoms with Crippen LogP contribution in [0.2, 0.25) is 15.5 Å². The lowest BCUT2D eigenvalue weighted by Crippen LogP contribution is -1.99. The van der Waals surface area contributed by atoms with Gasteiger partial charge < -0.3 is 20.9 Å². The lowest BCUT2D eigenvalue weighted by Gasteiger charge is -2.05. The highest BCUT2D eigenvalue weighted by molar-refractivity contribution is 9.11. The largest absolute Gasteiger partial charge is 0.397 e. The number of hydrogen-bond acceptors (Lipinski definition) is 9. The first kappa shape index (κ1) is 30.3. The molecule has 0 aliphatic heterocycles. The van der Waals surface area contributed by atoms with Gasteiger partial charge in [-0.05, 0) is 59.9 Å². The Morgan fingerprint density at radius 3 is 1.94 bits per heavy atom. The Hall–Kier alpha value is -1.97.